The van der Waals surface area contributed by atoms with Gasteiger partial charge in [0.25, 0.3) is 0 Å². The van der Waals surface area contributed by atoms with E-state index in [1.165, 1.54) is 14.0 Å². The van der Waals surface area contributed by atoms with Gasteiger partial charge in [0.1, 0.15) is 6.61 Å². The molecule has 0 heterocycles. The molecule has 0 aliphatic heterocycles. The number of aliphatic carboxylic acids is 1. The van der Waals surface area contributed by atoms with E-state index in [1.54, 1.807) is 0 Å². The van der Waals surface area contributed by atoms with Crippen LogP contribution in [0, 0.1) is 0 Å². The molecular weight excluding hydrogens is 164 g/mol. The molecule has 0 aromatic heterocycles. The summed E-state index contributed by atoms with van der Waals surface area (Å²) in [7, 11) is 1.34. The number of hydrogen-bond donors (Lipinski definition) is 1. The number of ether oxygens (including phenoxy) is 2. The first kappa shape index (κ1) is 13.2. The van der Waals surface area contributed by atoms with Crippen molar-refractivity contribution in [2.75, 3.05) is 13.7 Å². The lowest BCUT2D eigenvalue weighted by Gasteiger charge is -1.83. The van der Waals surface area contributed by atoms with E-state index in [0.29, 0.717) is 0 Å². The van der Waals surface area contributed by atoms with Crippen LogP contribution in [0.2, 0.25) is 0 Å². The molecule has 0 amide bonds. The lowest BCUT2D eigenvalue weighted by Crippen LogP contribution is -2.02. The Morgan fingerprint density at radius 2 is 2.08 bits per heavy atom. The van der Waals surface area contributed by atoms with Gasteiger partial charge in [-0.05, 0) is 0 Å². The lowest BCUT2D eigenvalue weighted by molar-refractivity contribution is -0.141. The predicted molar refractivity (Wildman–Crippen MR) is 41.5 cm³/mol. The largest absolute Gasteiger partial charge is 0.480 e. The second-order valence-electron chi connectivity index (χ2n) is 1.60. The molecule has 0 aromatic rings. The molecule has 0 bridgehead atoms. The van der Waals surface area contributed by atoms with Gasteiger partial charge in [-0.25, -0.2) is 4.79 Å². The molecule has 0 aliphatic rings. The lowest BCUT2D eigenvalue weighted by atomic mass is 10.8. The molecule has 0 rings (SSSR count). The maximum atomic E-state index is 9.75. The molecule has 0 fully saturated rings. The number of esters is 1. The highest BCUT2D eigenvalue weighted by Gasteiger charge is 1.87. The van der Waals surface area contributed by atoms with Crippen LogP contribution < -0.4 is 0 Å². The molecule has 0 aliphatic carbocycles. The summed E-state index contributed by atoms with van der Waals surface area (Å²) >= 11 is 0. The van der Waals surface area contributed by atoms with Gasteiger partial charge in [0.05, 0.1) is 6.26 Å². The molecule has 0 unspecified atom stereocenters. The zero-order valence-corrected chi connectivity index (χ0v) is 7.07. The van der Waals surface area contributed by atoms with Gasteiger partial charge < -0.3 is 14.6 Å². The molecule has 5 heteroatoms. The van der Waals surface area contributed by atoms with Crippen LogP contribution in [0.5, 0.6) is 0 Å². The Hall–Kier alpha value is -1.36. The third-order valence-electron chi connectivity index (χ3n) is 0.517. The van der Waals surface area contributed by atoms with Crippen molar-refractivity contribution < 1.29 is 24.2 Å². The fourth-order valence-electron chi connectivity index (χ4n) is 0.241. The van der Waals surface area contributed by atoms with Crippen LogP contribution in [0.15, 0.2) is 12.8 Å². The molecule has 5 nitrogen and oxygen atoms in total. The third-order valence-corrected chi connectivity index (χ3v) is 0.517. The smallest absolute Gasteiger partial charge is 0.329 e. The van der Waals surface area contributed by atoms with Crippen LogP contribution in [0.4, 0.5) is 0 Å². The van der Waals surface area contributed by atoms with E-state index < -0.39 is 5.97 Å². The number of rotatable bonds is 3. The average molecular weight is 176 g/mol. The summed E-state index contributed by atoms with van der Waals surface area (Å²) in [5, 5.41) is 7.79. The molecule has 0 spiro atoms. The van der Waals surface area contributed by atoms with Crippen molar-refractivity contribution in [3.8, 4) is 0 Å². The quantitative estimate of drug-likeness (QED) is 0.498. The van der Waals surface area contributed by atoms with Crippen molar-refractivity contribution >= 4 is 11.9 Å². The van der Waals surface area contributed by atoms with Crippen molar-refractivity contribution in [1.29, 1.82) is 0 Å². The monoisotopic (exact) mass is 176 g/mol. The Kier molecular flexibility index (Phi) is 10.6. The van der Waals surface area contributed by atoms with E-state index in [4.69, 9.17) is 5.11 Å². The fraction of sp³-hybridized carbons (Fsp3) is 0.429. The molecule has 0 aromatic carbocycles. The third kappa shape index (κ3) is 23.4. The van der Waals surface area contributed by atoms with Gasteiger partial charge in [-0.2, -0.15) is 0 Å². The summed E-state index contributed by atoms with van der Waals surface area (Å²) < 4.78 is 8.37. The highest BCUT2D eigenvalue weighted by atomic mass is 16.5. The van der Waals surface area contributed by atoms with E-state index in [2.05, 4.69) is 16.1 Å². The summed E-state index contributed by atoms with van der Waals surface area (Å²) in [6, 6.07) is 0. The van der Waals surface area contributed by atoms with Gasteiger partial charge in [-0.15, -0.1) is 0 Å². The molecule has 0 saturated carbocycles. The second-order valence-corrected chi connectivity index (χ2v) is 1.60. The second kappa shape index (κ2) is 9.64. The average Bonchev–Trinajstić information content (AvgIpc) is 1.87. The molecule has 12 heavy (non-hydrogen) atoms. The van der Waals surface area contributed by atoms with Gasteiger partial charge in [0.2, 0.25) is 0 Å². The molecule has 1 N–H and O–H groups in total. The van der Waals surface area contributed by atoms with Gasteiger partial charge >= 0.3 is 11.9 Å². The van der Waals surface area contributed by atoms with Gasteiger partial charge in [-0.3, -0.25) is 4.79 Å². The van der Waals surface area contributed by atoms with Crippen LogP contribution in [-0.2, 0) is 19.1 Å². The number of carbonyl (C=O) groups is 2. The molecular formula is C7H12O5. The van der Waals surface area contributed by atoms with Gasteiger partial charge in [-0.1, -0.05) is 6.58 Å². The maximum Gasteiger partial charge on any atom is 0.329 e. The maximum absolute atomic E-state index is 9.75. The Labute approximate surface area is 70.6 Å². The highest BCUT2D eigenvalue weighted by Crippen LogP contribution is 1.70. The first-order valence-corrected chi connectivity index (χ1v) is 3.03. The van der Waals surface area contributed by atoms with Crippen molar-refractivity contribution in [3.05, 3.63) is 12.8 Å². The van der Waals surface area contributed by atoms with E-state index in [9.17, 15) is 9.59 Å². The number of hydrogen-bond acceptors (Lipinski definition) is 4. The first-order chi connectivity index (χ1) is 5.54. The molecule has 0 saturated heterocycles. The minimum absolute atomic E-state index is 0.208. The minimum atomic E-state index is -0.933. The molecule has 0 atom stereocenters. The summed E-state index contributed by atoms with van der Waals surface area (Å²) in [5.41, 5.74) is 0. The molecule has 0 radical (unpaired) electrons. The topological polar surface area (TPSA) is 72.8 Å². The zero-order valence-electron chi connectivity index (χ0n) is 7.07. The van der Waals surface area contributed by atoms with Crippen LogP contribution in [0.25, 0.3) is 0 Å². The number of carboxylic acids is 1. The Morgan fingerprint density at radius 1 is 1.58 bits per heavy atom. The van der Waals surface area contributed by atoms with Gasteiger partial charge in [0, 0.05) is 14.0 Å². The van der Waals surface area contributed by atoms with E-state index in [0.717, 1.165) is 6.26 Å². The van der Waals surface area contributed by atoms with Crippen LogP contribution in [-0.4, -0.2) is 30.8 Å². The van der Waals surface area contributed by atoms with Crippen LogP contribution >= 0.6 is 0 Å². The van der Waals surface area contributed by atoms with Crippen molar-refractivity contribution in [1.82, 2.24) is 0 Å². The van der Waals surface area contributed by atoms with Gasteiger partial charge in [0.15, 0.2) is 0 Å². The normalized spacial score (nSPS) is 7.50. The van der Waals surface area contributed by atoms with E-state index in [-0.39, 0.29) is 12.6 Å². The Bertz CT molecular complexity index is 152. The van der Waals surface area contributed by atoms with Crippen molar-refractivity contribution in [3.63, 3.8) is 0 Å². The van der Waals surface area contributed by atoms with Crippen molar-refractivity contribution in [2.45, 2.75) is 6.92 Å². The Balaban J connectivity index is 0. The summed E-state index contributed by atoms with van der Waals surface area (Å²) in [4.78, 5) is 19.2. The van der Waals surface area contributed by atoms with E-state index >= 15 is 0 Å². The summed E-state index contributed by atoms with van der Waals surface area (Å²) in [5.74, 6) is -1.26. The Morgan fingerprint density at radius 3 is 2.08 bits per heavy atom. The fourth-order valence-corrected chi connectivity index (χ4v) is 0.241. The highest BCUT2D eigenvalue weighted by molar-refractivity contribution is 5.67. The van der Waals surface area contributed by atoms with Crippen molar-refractivity contribution in [2.24, 2.45) is 0 Å². The minimum Gasteiger partial charge on any atom is -0.480 e. The number of methoxy groups -OCH3 is 1. The first-order valence-electron chi connectivity index (χ1n) is 3.03. The molecule has 70 valence electrons. The number of carboxylic acid groups (broad SMARTS) is 1. The summed E-state index contributed by atoms with van der Waals surface area (Å²) in [6.07, 6.45) is 1.10. The summed E-state index contributed by atoms with van der Waals surface area (Å²) in [6.45, 7) is 4.27. The van der Waals surface area contributed by atoms with Crippen LogP contribution in [0.1, 0.15) is 6.92 Å². The SMILES string of the molecule is C=COC(C)=O.COCC(=O)O. The standard InChI is InChI=1S/C4H6O2.C3H6O3/c1-3-6-4(2)5;1-6-2-3(4)5/h3H,1H2,2H3;2H2,1H3,(H,4,5). The van der Waals surface area contributed by atoms with E-state index in [1.807, 2.05) is 0 Å². The number of carbonyl (C=O) groups excluding carboxylic acids is 1. The van der Waals surface area contributed by atoms with Crippen LogP contribution in [0.3, 0.4) is 0 Å². The predicted octanol–water partition coefficient (Wildman–Crippen LogP) is 0.410. The zero-order chi connectivity index (χ0) is 9.98.